The van der Waals surface area contributed by atoms with Gasteiger partial charge < -0.3 is 21.5 Å². The van der Waals surface area contributed by atoms with E-state index in [1.54, 1.807) is 4.90 Å². The predicted molar refractivity (Wildman–Crippen MR) is 65.8 cm³/mol. The Hall–Kier alpha value is -1.59. The number of hydrogen-bond acceptors (Lipinski definition) is 4. The highest BCUT2D eigenvalue weighted by Crippen LogP contribution is 2.15. The number of benzene rings is 1. The van der Waals surface area contributed by atoms with Gasteiger partial charge in [0.25, 0.3) is 0 Å². The summed E-state index contributed by atoms with van der Waals surface area (Å²) in [6.45, 7) is 2.43. The molecule has 1 heterocycles. The van der Waals surface area contributed by atoms with Crippen molar-refractivity contribution in [3.8, 4) is 0 Å². The molecule has 0 aromatic heterocycles. The largest absolute Gasteiger partial charge is 0.445 e. The van der Waals surface area contributed by atoms with Crippen molar-refractivity contribution in [3.05, 3.63) is 35.9 Å². The van der Waals surface area contributed by atoms with Gasteiger partial charge in [-0.1, -0.05) is 30.3 Å². The molecular formula is C12H19N3O2. The van der Waals surface area contributed by atoms with Gasteiger partial charge in [0.15, 0.2) is 0 Å². The Morgan fingerprint density at radius 1 is 1.35 bits per heavy atom. The molecule has 5 heteroatoms. The standard InChI is InChI=1S/C12H16N2O2.H3N/c13-6-11-7-14(8-11)12(15)16-9-10-4-2-1-3-5-10;/h1-5,11H,6-9,13H2;1H3. The van der Waals surface area contributed by atoms with E-state index in [2.05, 4.69) is 0 Å². The Bertz CT molecular complexity index is 350. The van der Waals surface area contributed by atoms with Gasteiger partial charge in [0.1, 0.15) is 6.61 Å². The van der Waals surface area contributed by atoms with Crippen LogP contribution in [0.5, 0.6) is 0 Å². The molecule has 0 saturated carbocycles. The molecule has 0 aliphatic carbocycles. The van der Waals surface area contributed by atoms with Crippen molar-refractivity contribution in [2.45, 2.75) is 6.61 Å². The molecule has 0 bridgehead atoms. The molecule has 1 aliphatic heterocycles. The average molecular weight is 237 g/mol. The summed E-state index contributed by atoms with van der Waals surface area (Å²) in [5.74, 6) is 0.448. The molecular weight excluding hydrogens is 218 g/mol. The van der Waals surface area contributed by atoms with Crippen molar-refractivity contribution in [3.63, 3.8) is 0 Å². The van der Waals surface area contributed by atoms with Crippen molar-refractivity contribution >= 4 is 6.09 Å². The number of likely N-dealkylation sites (tertiary alicyclic amines) is 1. The Labute approximate surface area is 101 Å². The van der Waals surface area contributed by atoms with Crippen LogP contribution in [0.2, 0.25) is 0 Å². The second-order valence-corrected chi connectivity index (χ2v) is 4.05. The van der Waals surface area contributed by atoms with Gasteiger partial charge in [-0.3, -0.25) is 0 Å². The first-order chi connectivity index (χ1) is 7.79. The number of amides is 1. The first kappa shape index (κ1) is 13.5. The first-order valence-corrected chi connectivity index (χ1v) is 5.45. The van der Waals surface area contributed by atoms with Gasteiger partial charge in [0.2, 0.25) is 0 Å². The number of carbonyl (C=O) groups excluding carboxylic acids is 1. The van der Waals surface area contributed by atoms with Crippen LogP contribution in [0, 0.1) is 5.92 Å². The zero-order valence-corrected chi connectivity index (χ0v) is 9.84. The fraction of sp³-hybridized carbons (Fsp3) is 0.417. The zero-order valence-electron chi connectivity index (χ0n) is 9.84. The van der Waals surface area contributed by atoms with Crippen molar-refractivity contribution in [2.75, 3.05) is 19.6 Å². The Morgan fingerprint density at radius 2 is 2.00 bits per heavy atom. The van der Waals surface area contributed by atoms with Gasteiger partial charge in [-0.05, 0) is 12.1 Å². The Morgan fingerprint density at radius 3 is 2.59 bits per heavy atom. The lowest BCUT2D eigenvalue weighted by Gasteiger charge is -2.37. The minimum Gasteiger partial charge on any atom is -0.445 e. The number of hydrogen-bond donors (Lipinski definition) is 2. The molecule has 0 atom stereocenters. The van der Waals surface area contributed by atoms with Crippen molar-refractivity contribution in [1.29, 1.82) is 0 Å². The quantitative estimate of drug-likeness (QED) is 0.830. The van der Waals surface area contributed by atoms with Gasteiger partial charge >= 0.3 is 6.09 Å². The van der Waals surface area contributed by atoms with Crippen LogP contribution in [0.4, 0.5) is 4.79 Å². The van der Waals surface area contributed by atoms with Crippen LogP contribution in [0.15, 0.2) is 30.3 Å². The summed E-state index contributed by atoms with van der Waals surface area (Å²) in [6, 6.07) is 9.67. The maximum atomic E-state index is 11.5. The van der Waals surface area contributed by atoms with Gasteiger partial charge in [-0.15, -0.1) is 0 Å². The third kappa shape index (κ3) is 3.44. The van der Waals surface area contributed by atoms with Crippen molar-refractivity contribution in [1.82, 2.24) is 11.1 Å². The lowest BCUT2D eigenvalue weighted by Crippen LogP contribution is -2.52. The molecule has 0 unspecified atom stereocenters. The molecule has 1 saturated heterocycles. The second kappa shape index (κ2) is 6.22. The van der Waals surface area contributed by atoms with Gasteiger partial charge in [0, 0.05) is 19.0 Å². The number of nitrogens with two attached hydrogens (primary N) is 1. The smallest absolute Gasteiger partial charge is 0.410 e. The highest BCUT2D eigenvalue weighted by atomic mass is 16.6. The second-order valence-electron chi connectivity index (χ2n) is 4.05. The van der Waals surface area contributed by atoms with E-state index in [-0.39, 0.29) is 12.2 Å². The van der Waals surface area contributed by atoms with Crippen LogP contribution in [0.25, 0.3) is 0 Å². The fourth-order valence-electron chi connectivity index (χ4n) is 1.68. The molecule has 94 valence electrons. The monoisotopic (exact) mass is 237 g/mol. The van der Waals surface area contributed by atoms with Crippen LogP contribution in [0.1, 0.15) is 5.56 Å². The molecule has 1 aliphatic rings. The third-order valence-electron chi connectivity index (χ3n) is 2.75. The van der Waals surface area contributed by atoms with E-state index in [1.807, 2.05) is 30.3 Å². The molecule has 1 fully saturated rings. The number of ether oxygens (including phenoxy) is 1. The molecule has 1 amide bonds. The van der Waals surface area contributed by atoms with E-state index in [1.165, 1.54) is 0 Å². The van der Waals surface area contributed by atoms with Crippen molar-refractivity contribution < 1.29 is 9.53 Å². The van der Waals surface area contributed by atoms with E-state index in [0.717, 1.165) is 18.7 Å². The highest BCUT2D eigenvalue weighted by Gasteiger charge is 2.30. The summed E-state index contributed by atoms with van der Waals surface area (Å²) in [5.41, 5.74) is 6.49. The number of carbonyl (C=O) groups is 1. The van der Waals surface area contributed by atoms with E-state index >= 15 is 0 Å². The minimum absolute atomic E-state index is 0. The summed E-state index contributed by atoms with van der Waals surface area (Å²) >= 11 is 0. The van der Waals surface area contributed by atoms with Gasteiger partial charge in [-0.2, -0.15) is 0 Å². The van der Waals surface area contributed by atoms with Crippen LogP contribution in [-0.4, -0.2) is 30.6 Å². The maximum absolute atomic E-state index is 11.5. The molecule has 0 radical (unpaired) electrons. The van der Waals surface area contributed by atoms with Crippen LogP contribution < -0.4 is 11.9 Å². The topological polar surface area (TPSA) is 90.6 Å². The summed E-state index contributed by atoms with van der Waals surface area (Å²) < 4.78 is 5.17. The van der Waals surface area contributed by atoms with Gasteiger partial charge in [-0.25, -0.2) is 4.79 Å². The van der Waals surface area contributed by atoms with E-state index in [9.17, 15) is 4.79 Å². The SMILES string of the molecule is N.NCC1CN(C(=O)OCc2ccccc2)C1. The summed E-state index contributed by atoms with van der Waals surface area (Å²) in [7, 11) is 0. The zero-order chi connectivity index (χ0) is 11.4. The van der Waals surface area contributed by atoms with Gasteiger partial charge in [0.05, 0.1) is 0 Å². The van der Waals surface area contributed by atoms with E-state index in [0.29, 0.717) is 19.1 Å². The van der Waals surface area contributed by atoms with Crippen LogP contribution in [0.3, 0.4) is 0 Å². The van der Waals surface area contributed by atoms with Crippen LogP contribution in [-0.2, 0) is 11.3 Å². The van der Waals surface area contributed by atoms with E-state index < -0.39 is 0 Å². The maximum Gasteiger partial charge on any atom is 0.410 e. The molecule has 1 aromatic carbocycles. The average Bonchev–Trinajstić information content (AvgIpc) is 2.26. The third-order valence-corrected chi connectivity index (χ3v) is 2.75. The summed E-state index contributed by atoms with van der Waals surface area (Å²) in [5, 5.41) is 0. The predicted octanol–water partition coefficient (Wildman–Crippen LogP) is 1.38. The Balaban J connectivity index is 0.00000144. The molecule has 17 heavy (non-hydrogen) atoms. The minimum atomic E-state index is -0.242. The molecule has 1 aromatic rings. The molecule has 5 nitrogen and oxygen atoms in total. The lowest BCUT2D eigenvalue weighted by atomic mass is 10.0. The first-order valence-electron chi connectivity index (χ1n) is 5.45. The summed E-state index contributed by atoms with van der Waals surface area (Å²) in [4.78, 5) is 13.2. The van der Waals surface area contributed by atoms with E-state index in [4.69, 9.17) is 10.5 Å². The molecule has 2 rings (SSSR count). The van der Waals surface area contributed by atoms with Crippen molar-refractivity contribution in [2.24, 2.45) is 11.7 Å². The molecule has 5 N–H and O–H groups in total. The molecule has 0 spiro atoms. The lowest BCUT2D eigenvalue weighted by molar-refractivity contribution is 0.0518. The normalized spacial score (nSPS) is 14.8. The summed E-state index contributed by atoms with van der Waals surface area (Å²) in [6.07, 6.45) is -0.242. The number of nitrogens with zero attached hydrogens (tertiary/aromatic N) is 1. The Kier molecular flexibility index (Phi) is 4.93. The fourth-order valence-corrected chi connectivity index (χ4v) is 1.68. The van der Waals surface area contributed by atoms with Crippen LogP contribution >= 0.6 is 0 Å². The number of rotatable bonds is 3. The highest BCUT2D eigenvalue weighted by molar-refractivity contribution is 5.68.